The zero-order valence-corrected chi connectivity index (χ0v) is 4.91. The van der Waals surface area contributed by atoms with Crippen LogP contribution in [0.2, 0.25) is 0 Å². The first-order chi connectivity index (χ1) is 3.52. The molecule has 1 atom stereocenters. The van der Waals surface area contributed by atoms with Crippen molar-refractivity contribution in [2.45, 2.75) is 11.7 Å². The van der Waals surface area contributed by atoms with Crippen LogP contribution in [0.4, 0.5) is 3.89 Å². The lowest BCUT2D eigenvalue weighted by Gasteiger charge is -1.79. The van der Waals surface area contributed by atoms with Crippen LogP contribution in [0, 0.1) is 0 Å². The number of halogens is 1. The smallest absolute Gasteiger partial charge is 0.194 e. The van der Waals surface area contributed by atoms with Crippen molar-refractivity contribution < 1.29 is 12.3 Å². The first-order valence-electron chi connectivity index (χ1n) is 2.13. The highest BCUT2D eigenvalue weighted by molar-refractivity contribution is 7.87. The van der Waals surface area contributed by atoms with E-state index in [1.54, 1.807) is 0 Å². The van der Waals surface area contributed by atoms with Gasteiger partial charge in [-0.15, -0.1) is 3.89 Å². The Bertz CT molecular complexity index is 216. The van der Waals surface area contributed by atoms with Crippen molar-refractivity contribution in [2.75, 3.05) is 0 Å². The minimum atomic E-state index is -4.28. The summed E-state index contributed by atoms with van der Waals surface area (Å²) in [5.41, 5.74) is 0.479. The second-order valence-corrected chi connectivity index (χ2v) is 3.35. The Balaban J connectivity index is 2.80. The Morgan fingerprint density at radius 1 is 1.75 bits per heavy atom. The molecule has 2 nitrogen and oxygen atoms in total. The maximum absolute atomic E-state index is 11.7. The van der Waals surface area contributed by atoms with E-state index in [1.807, 2.05) is 0 Å². The summed E-state index contributed by atoms with van der Waals surface area (Å²) in [6, 6.07) is 0. The molecule has 0 bridgehead atoms. The van der Waals surface area contributed by atoms with Crippen molar-refractivity contribution in [2.24, 2.45) is 0 Å². The third-order valence-corrected chi connectivity index (χ3v) is 2.26. The van der Waals surface area contributed by atoms with Crippen LogP contribution >= 0.6 is 0 Å². The highest BCUT2D eigenvalue weighted by Gasteiger charge is 2.40. The third-order valence-electron chi connectivity index (χ3n) is 1.08. The molecule has 0 aromatic rings. The van der Waals surface area contributed by atoms with Crippen molar-refractivity contribution >= 4 is 10.2 Å². The van der Waals surface area contributed by atoms with Crippen LogP contribution in [-0.4, -0.2) is 13.7 Å². The van der Waals surface area contributed by atoms with Crippen LogP contribution in [0.1, 0.15) is 6.42 Å². The van der Waals surface area contributed by atoms with Gasteiger partial charge in [0.05, 0.1) is 0 Å². The van der Waals surface area contributed by atoms with Gasteiger partial charge in [0.15, 0.2) is 0 Å². The van der Waals surface area contributed by atoms with E-state index < -0.39 is 15.5 Å². The van der Waals surface area contributed by atoms with Crippen LogP contribution in [0.3, 0.4) is 0 Å². The molecule has 0 saturated heterocycles. The molecule has 0 heterocycles. The molecule has 1 unspecified atom stereocenters. The van der Waals surface area contributed by atoms with E-state index in [0.717, 1.165) is 0 Å². The van der Waals surface area contributed by atoms with Crippen molar-refractivity contribution in [1.82, 2.24) is 0 Å². The van der Waals surface area contributed by atoms with Gasteiger partial charge in [0, 0.05) is 0 Å². The predicted octanol–water partition coefficient (Wildman–Crippen LogP) is 0.614. The SMILES string of the molecule is C=C1CC1S(=O)(=O)F. The standard InChI is InChI=1S/C4H5FO2S/c1-3-2-4(3)8(5,6)7/h4H,1-2H2. The number of rotatable bonds is 1. The second-order valence-electron chi connectivity index (χ2n) is 1.83. The first-order valence-corrected chi connectivity index (χ1v) is 3.57. The summed E-state index contributed by atoms with van der Waals surface area (Å²) >= 11 is 0. The molecule has 1 rings (SSSR count). The molecule has 0 aromatic carbocycles. The molecule has 4 heteroatoms. The van der Waals surface area contributed by atoms with E-state index in [9.17, 15) is 12.3 Å². The van der Waals surface area contributed by atoms with Crippen LogP contribution in [0.5, 0.6) is 0 Å². The summed E-state index contributed by atoms with van der Waals surface area (Å²) in [5.74, 6) is 0. The van der Waals surface area contributed by atoms with Gasteiger partial charge < -0.3 is 0 Å². The number of hydrogen-bond acceptors (Lipinski definition) is 2. The Labute approximate surface area is 47.2 Å². The van der Waals surface area contributed by atoms with Gasteiger partial charge in [-0.25, -0.2) is 0 Å². The predicted molar refractivity (Wildman–Crippen MR) is 27.6 cm³/mol. The van der Waals surface area contributed by atoms with E-state index in [-0.39, 0.29) is 0 Å². The molecule has 1 aliphatic rings. The lowest BCUT2D eigenvalue weighted by molar-refractivity contribution is 0.551. The average molecular weight is 136 g/mol. The fourth-order valence-electron chi connectivity index (χ4n) is 0.478. The summed E-state index contributed by atoms with van der Waals surface area (Å²) in [4.78, 5) is 0. The van der Waals surface area contributed by atoms with E-state index in [0.29, 0.717) is 12.0 Å². The topological polar surface area (TPSA) is 34.1 Å². The maximum Gasteiger partial charge on any atom is 0.309 e. The van der Waals surface area contributed by atoms with Crippen molar-refractivity contribution in [3.05, 3.63) is 12.2 Å². The molecule has 8 heavy (non-hydrogen) atoms. The molecule has 0 spiro atoms. The van der Waals surface area contributed by atoms with Gasteiger partial charge in [0.25, 0.3) is 0 Å². The molecule has 0 aliphatic heterocycles. The molecule has 0 radical (unpaired) electrons. The summed E-state index contributed by atoms with van der Waals surface area (Å²) < 4.78 is 31.5. The van der Waals surface area contributed by atoms with Crippen LogP contribution in [0.25, 0.3) is 0 Å². The Morgan fingerprint density at radius 2 is 2.12 bits per heavy atom. The van der Waals surface area contributed by atoms with Crippen LogP contribution in [-0.2, 0) is 10.2 Å². The quantitative estimate of drug-likeness (QED) is 0.391. The van der Waals surface area contributed by atoms with Crippen molar-refractivity contribution in [3.63, 3.8) is 0 Å². The maximum atomic E-state index is 11.7. The minimum absolute atomic E-state index is 0.304. The first kappa shape index (κ1) is 5.75. The van der Waals surface area contributed by atoms with Gasteiger partial charge >= 0.3 is 10.2 Å². The fraction of sp³-hybridized carbons (Fsp3) is 0.500. The van der Waals surface area contributed by atoms with E-state index in [1.165, 1.54) is 0 Å². The van der Waals surface area contributed by atoms with Crippen LogP contribution < -0.4 is 0 Å². The van der Waals surface area contributed by atoms with Crippen LogP contribution in [0.15, 0.2) is 12.2 Å². The molecule has 46 valence electrons. The minimum Gasteiger partial charge on any atom is -0.194 e. The second kappa shape index (κ2) is 1.31. The zero-order chi connectivity index (χ0) is 6.36. The Hall–Kier alpha value is -0.380. The lowest BCUT2D eigenvalue weighted by Crippen LogP contribution is -1.96. The molecule has 1 aliphatic carbocycles. The van der Waals surface area contributed by atoms with Gasteiger partial charge in [-0.05, 0) is 6.42 Å². The lowest BCUT2D eigenvalue weighted by atomic mass is 10.7. The highest BCUT2D eigenvalue weighted by Crippen LogP contribution is 2.35. The highest BCUT2D eigenvalue weighted by atomic mass is 32.3. The molecule has 0 N–H and O–H groups in total. The van der Waals surface area contributed by atoms with Gasteiger partial charge in [-0.1, -0.05) is 12.2 Å². The van der Waals surface area contributed by atoms with Gasteiger partial charge in [0.2, 0.25) is 0 Å². The molecular formula is C4H5FO2S. The molecular weight excluding hydrogens is 131 g/mol. The molecule has 1 fully saturated rings. The third kappa shape index (κ3) is 0.888. The summed E-state index contributed by atoms with van der Waals surface area (Å²) in [7, 11) is -4.28. The molecule has 1 saturated carbocycles. The van der Waals surface area contributed by atoms with Gasteiger partial charge in [-0.3, -0.25) is 0 Å². The number of hydrogen-bond donors (Lipinski definition) is 0. The summed E-state index contributed by atoms with van der Waals surface area (Å²) in [5, 5.41) is -0.873. The monoisotopic (exact) mass is 136 g/mol. The van der Waals surface area contributed by atoms with E-state index >= 15 is 0 Å². The zero-order valence-electron chi connectivity index (χ0n) is 4.09. The fourth-order valence-corrected chi connectivity index (χ4v) is 1.29. The summed E-state index contributed by atoms with van der Waals surface area (Å²) in [6.45, 7) is 3.30. The Kier molecular flexibility index (Phi) is 0.944. The molecule has 0 amide bonds. The Morgan fingerprint density at radius 3 is 2.12 bits per heavy atom. The van der Waals surface area contributed by atoms with Crippen molar-refractivity contribution in [1.29, 1.82) is 0 Å². The van der Waals surface area contributed by atoms with Gasteiger partial charge in [0.1, 0.15) is 5.25 Å². The van der Waals surface area contributed by atoms with Crippen molar-refractivity contribution in [3.8, 4) is 0 Å². The largest absolute Gasteiger partial charge is 0.309 e. The van der Waals surface area contributed by atoms with E-state index in [4.69, 9.17) is 0 Å². The average Bonchev–Trinajstić information content (AvgIpc) is 2.13. The normalized spacial score (nSPS) is 28.1. The van der Waals surface area contributed by atoms with E-state index in [2.05, 4.69) is 6.58 Å². The molecule has 0 aromatic heterocycles. The summed E-state index contributed by atoms with van der Waals surface area (Å²) in [6.07, 6.45) is 0.304. The van der Waals surface area contributed by atoms with Gasteiger partial charge in [-0.2, -0.15) is 8.42 Å².